The van der Waals surface area contributed by atoms with Gasteiger partial charge in [0.25, 0.3) is 5.97 Å². The lowest BCUT2D eigenvalue weighted by atomic mass is 10.0. The molecule has 4 nitrogen and oxygen atoms in total. The van der Waals surface area contributed by atoms with E-state index in [1.807, 2.05) is 0 Å². The van der Waals surface area contributed by atoms with Gasteiger partial charge in [-0.25, -0.2) is 0 Å². The van der Waals surface area contributed by atoms with Crippen LogP contribution >= 0.6 is 0 Å². The van der Waals surface area contributed by atoms with E-state index in [4.69, 9.17) is 0 Å². The smallest absolute Gasteiger partial charge is 0.443 e. The predicted octanol–water partition coefficient (Wildman–Crippen LogP) is -0.760. The second-order valence-electron chi connectivity index (χ2n) is 1.45. The predicted molar refractivity (Wildman–Crippen MR) is 33.4 cm³/mol. The van der Waals surface area contributed by atoms with Crippen molar-refractivity contribution in [2.24, 2.45) is 0 Å². The Balaban J connectivity index is 3.28. The number of amides is 1. The fourth-order valence-corrected chi connectivity index (χ4v) is 0.239. The van der Waals surface area contributed by atoms with Gasteiger partial charge in [-0.15, -0.1) is 0 Å². The average molecular weight is 129 g/mol. The first-order chi connectivity index (χ1) is 4.16. The third-order valence-corrected chi connectivity index (χ3v) is 0.685. The second-order valence-corrected chi connectivity index (χ2v) is 1.45. The topological polar surface area (TPSA) is 55.4 Å². The minimum absolute atomic E-state index is 0.189. The number of hydrogen-bond acceptors (Lipinski definition) is 3. The van der Waals surface area contributed by atoms with E-state index >= 15 is 0 Å². The van der Waals surface area contributed by atoms with Crippen LogP contribution in [0.3, 0.4) is 0 Å². The minimum Gasteiger partial charge on any atom is -0.529 e. The van der Waals surface area contributed by atoms with Crippen LogP contribution in [0.4, 0.5) is 4.79 Å². The van der Waals surface area contributed by atoms with Crippen LogP contribution in [0.25, 0.3) is 0 Å². The highest BCUT2D eigenvalue weighted by Crippen LogP contribution is 1.72. The van der Waals surface area contributed by atoms with Crippen LogP contribution in [0.5, 0.6) is 0 Å². The lowest BCUT2D eigenvalue weighted by molar-refractivity contribution is -0.131. The SMILES string of the molecule is CNC(=O)BOC(C)=O. The molecular formula is C4H8BNO3. The Bertz CT molecular complexity index is 125. The van der Waals surface area contributed by atoms with Gasteiger partial charge in [0.2, 0.25) is 5.81 Å². The molecule has 0 bridgehead atoms. The van der Waals surface area contributed by atoms with Gasteiger partial charge in [-0.2, -0.15) is 0 Å². The Labute approximate surface area is 53.8 Å². The number of carbonyl (C=O) groups is 2. The molecule has 0 saturated heterocycles. The molecule has 0 radical (unpaired) electrons. The van der Waals surface area contributed by atoms with Crippen LogP contribution in [-0.4, -0.2) is 26.3 Å². The molecule has 0 saturated carbocycles. The first-order valence-electron chi connectivity index (χ1n) is 2.50. The fourth-order valence-electron chi connectivity index (χ4n) is 0.239. The second kappa shape index (κ2) is 3.94. The molecule has 0 aromatic carbocycles. The van der Waals surface area contributed by atoms with Crippen molar-refractivity contribution in [3.8, 4) is 0 Å². The van der Waals surface area contributed by atoms with E-state index in [2.05, 4.69) is 9.97 Å². The summed E-state index contributed by atoms with van der Waals surface area (Å²) in [5.74, 6) is -0.746. The van der Waals surface area contributed by atoms with Crippen LogP contribution in [0, 0.1) is 0 Å². The normalized spacial score (nSPS) is 7.78. The highest BCUT2D eigenvalue weighted by atomic mass is 16.5. The van der Waals surface area contributed by atoms with Gasteiger partial charge in [0.15, 0.2) is 0 Å². The molecule has 50 valence electrons. The lowest BCUT2D eigenvalue weighted by Gasteiger charge is -1.96. The van der Waals surface area contributed by atoms with Crippen molar-refractivity contribution in [2.75, 3.05) is 7.05 Å². The molecule has 9 heavy (non-hydrogen) atoms. The van der Waals surface area contributed by atoms with Crippen molar-refractivity contribution >= 4 is 19.3 Å². The van der Waals surface area contributed by atoms with Crippen LogP contribution in [0.15, 0.2) is 0 Å². The van der Waals surface area contributed by atoms with E-state index in [1.165, 1.54) is 14.0 Å². The van der Waals surface area contributed by atoms with E-state index in [9.17, 15) is 9.59 Å². The maximum absolute atomic E-state index is 10.3. The maximum Gasteiger partial charge on any atom is 0.443 e. The summed E-state index contributed by atoms with van der Waals surface area (Å²) in [6, 6.07) is 0. The van der Waals surface area contributed by atoms with Gasteiger partial charge in [-0.3, -0.25) is 9.59 Å². The first kappa shape index (κ1) is 8.00. The summed E-state index contributed by atoms with van der Waals surface area (Å²) in [7, 11) is 1.29. The first-order valence-corrected chi connectivity index (χ1v) is 2.50. The van der Waals surface area contributed by atoms with Crippen molar-refractivity contribution in [1.82, 2.24) is 5.32 Å². The zero-order valence-electron chi connectivity index (χ0n) is 5.43. The minimum atomic E-state index is -0.446. The third-order valence-electron chi connectivity index (χ3n) is 0.685. The fraction of sp³-hybridized carbons (Fsp3) is 0.500. The van der Waals surface area contributed by atoms with Crippen LogP contribution < -0.4 is 5.32 Å². The van der Waals surface area contributed by atoms with Crippen LogP contribution in [0.2, 0.25) is 0 Å². The van der Waals surface area contributed by atoms with Gasteiger partial charge in [-0.05, 0) is 0 Å². The summed E-state index contributed by atoms with van der Waals surface area (Å²) in [5, 5.41) is 2.30. The molecule has 0 atom stereocenters. The summed E-state index contributed by atoms with van der Waals surface area (Å²) in [4.78, 5) is 20.4. The molecule has 0 rings (SSSR count). The van der Waals surface area contributed by atoms with E-state index < -0.39 is 5.97 Å². The van der Waals surface area contributed by atoms with Gasteiger partial charge in [0.1, 0.15) is 0 Å². The Morgan fingerprint density at radius 1 is 1.56 bits per heavy atom. The zero-order valence-corrected chi connectivity index (χ0v) is 5.43. The highest BCUT2D eigenvalue weighted by molar-refractivity contribution is 6.69. The molecule has 1 N–H and O–H groups in total. The van der Waals surface area contributed by atoms with Gasteiger partial charge in [-0.1, -0.05) is 0 Å². The molecule has 0 aliphatic rings. The number of nitrogens with one attached hydrogen (secondary N) is 1. The highest BCUT2D eigenvalue weighted by Gasteiger charge is 2.03. The maximum atomic E-state index is 10.3. The van der Waals surface area contributed by atoms with Crippen molar-refractivity contribution in [3.05, 3.63) is 0 Å². The molecule has 0 aliphatic heterocycles. The van der Waals surface area contributed by atoms with Gasteiger partial charge in [0.05, 0.1) is 0 Å². The van der Waals surface area contributed by atoms with E-state index in [0.29, 0.717) is 0 Å². The van der Waals surface area contributed by atoms with E-state index in [-0.39, 0.29) is 13.3 Å². The quantitative estimate of drug-likeness (QED) is 0.498. The molecule has 0 aromatic heterocycles. The monoisotopic (exact) mass is 129 g/mol. The zero-order chi connectivity index (χ0) is 7.28. The average Bonchev–Trinajstić information content (AvgIpc) is 1.83. The molecule has 0 unspecified atom stereocenters. The third kappa shape index (κ3) is 4.87. The lowest BCUT2D eigenvalue weighted by Crippen LogP contribution is -2.25. The Hall–Kier alpha value is -0.995. The van der Waals surface area contributed by atoms with Crippen molar-refractivity contribution in [1.29, 1.82) is 0 Å². The summed E-state index contributed by atoms with van der Waals surface area (Å²) in [5.41, 5.74) is 0. The van der Waals surface area contributed by atoms with Gasteiger partial charge in [0, 0.05) is 14.0 Å². The molecule has 1 amide bonds. The molecule has 0 heterocycles. The molecule has 5 heteroatoms. The number of hydrogen-bond donors (Lipinski definition) is 1. The van der Waals surface area contributed by atoms with E-state index in [1.54, 1.807) is 0 Å². The molecule has 0 spiro atoms. The van der Waals surface area contributed by atoms with E-state index in [0.717, 1.165) is 0 Å². The Morgan fingerprint density at radius 2 is 2.11 bits per heavy atom. The number of rotatable bonds is 2. The summed E-state index contributed by atoms with van der Waals surface area (Å²) in [6.07, 6.45) is 0. The van der Waals surface area contributed by atoms with Gasteiger partial charge >= 0.3 is 7.48 Å². The van der Waals surface area contributed by atoms with Crippen LogP contribution in [-0.2, 0) is 9.45 Å². The Morgan fingerprint density at radius 3 is 2.44 bits per heavy atom. The summed E-state index contributed by atoms with van der Waals surface area (Å²) >= 11 is 0. The summed E-state index contributed by atoms with van der Waals surface area (Å²) in [6.45, 7) is 1.25. The van der Waals surface area contributed by atoms with Crippen molar-refractivity contribution in [2.45, 2.75) is 6.92 Å². The van der Waals surface area contributed by atoms with Crippen molar-refractivity contribution in [3.63, 3.8) is 0 Å². The van der Waals surface area contributed by atoms with Gasteiger partial charge < -0.3 is 9.97 Å². The van der Waals surface area contributed by atoms with Crippen LogP contribution in [0.1, 0.15) is 6.92 Å². The molecular weight excluding hydrogens is 121 g/mol. The molecule has 0 aliphatic carbocycles. The molecule has 0 fully saturated rings. The largest absolute Gasteiger partial charge is 0.529 e. The molecule has 0 aromatic rings. The Kier molecular flexibility index (Phi) is 3.51. The summed E-state index contributed by atoms with van der Waals surface area (Å²) < 4.78 is 4.34. The number of carbonyl (C=O) groups excluding carboxylic acids is 2. The standard InChI is InChI=1S/C4H8BNO3/c1-3(7)9-5-4(8)6-2/h5H,1-2H3,(H,6,8). The van der Waals surface area contributed by atoms with Crippen molar-refractivity contribution < 1.29 is 14.2 Å².